The van der Waals surface area contributed by atoms with E-state index in [2.05, 4.69) is 59.8 Å². The molecule has 0 fully saturated rings. The average Bonchev–Trinajstić information content (AvgIpc) is 3.51. The summed E-state index contributed by atoms with van der Waals surface area (Å²) in [5.74, 6) is 0.193. The van der Waals surface area contributed by atoms with Gasteiger partial charge in [-0.05, 0) is 88.4 Å². The number of aromatic nitrogens is 3. The van der Waals surface area contributed by atoms with Gasteiger partial charge in [0.05, 0.1) is 24.5 Å². The number of nitrogens with zero attached hydrogens (tertiary/aromatic N) is 6. The van der Waals surface area contributed by atoms with Gasteiger partial charge in [-0.2, -0.15) is 5.10 Å². The van der Waals surface area contributed by atoms with Crippen LogP contribution >= 0.6 is 0 Å². The van der Waals surface area contributed by atoms with E-state index in [1.807, 2.05) is 71.0 Å². The molecular formula is C43H62F2N6O3. The minimum Gasteiger partial charge on any atom is -0.493 e. The van der Waals surface area contributed by atoms with Crippen LogP contribution < -0.4 is 15.3 Å². The number of halogens is 2. The van der Waals surface area contributed by atoms with Crippen molar-refractivity contribution in [2.45, 2.75) is 93.7 Å². The van der Waals surface area contributed by atoms with Crippen LogP contribution in [0.25, 0.3) is 5.69 Å². The molecular weight excluding hydrogens is 687 g/mol. The SMILES string of the molecule is CC=NC=NC.CCC(C)(OCC(C)COc1ccc(C)cc1)c1ccc(F)cc1F.CCCN(CCC)c1ccc(-n2cnn(CC(C)C)c2=O)cc1. The number of aryl methyl sites for hydroxylation is 1. The summed E-state index contributed by atoms with van der Waals surface area (Å²) >= 11 is 0. The maximum atomic E-state index is 14.1. The van der Waals surface area contributed by atoms with Crippen LogP contribution in [0.1, 0.15) is 85.8 Å². The van der Waals surface area contributed by atoms with E-state index in [-0.39, 0.29) is 11.6 Å². The van der Waals surface area contributed by atoms with Gasteiger partial charge in [0, 0.05) is 56.1 Å². The smallest absolute Gasteiger partial charge is 0.350 e. The van der Waals surface area contributed by atoms with Crippen LogP contribution in [-0.4, -0.2) is 60.3 Å². The van der Waals surface area contributed by atoms with Gasteiger partial charge in [-0.1, -0.05) is 65.3 Å². The maximum Gasteiger partial charge on any atom is 0.350 e. The predicted octanol–water partition coefficient (Wildman–Crippen LogP) is 9.68. The van der Waals surface area contributed by atoms with Gasteiger partial charge >= 0.3 is 5.69 Å². The van der Waals surface area contributed by atoms with E-state index in [9.17, 15) is 13.6 Å². The van der Waals surface area contributed by atoms with Crippen LogP contribution in [0, 0.1) is 30.4 Å². The van der Waals surface area contributed by atoms with Crippen LogP contribution in [0.15, 0.2) is 87.8 Å². The van der Waals surface area contributed by atoms with Gasteiger partial charge in [-0.15, -0.1) is 0 Å². The van der Waals surface area contributed by atoms with Gasteiger partial charge in [0.2, 0.25) is 0 Å². The molecule has 0 amide bonds. The number of benzene rings is 3. The zero-order valence-corrected chi connectivity index (χ0v) is 34.1. The molecule has 0 aliphatic heterocycles. The first kappa shape index (κ1) is 45.5. The molecule has 0 aliphatic rings. The summed E-state index contributed by atoms with van der Waals surface area (Å²) in [7, 11) is 1.69. The predicted molar refractivity (Wildman–Crippen MR) is 220 cm³/mol. The molecule has 3 aromatic carbocycles. The van der Waals surface area contributed by atoms with Crippen molar-refractivity contribution in [1.29, 1.82) is 0 Å². The molecule has 0 saturated carbocycles. The van der Waals surface area contributed by atoms with Gasteiger partial charge in [-0.3, -0.25) is 9.98 Å². The largest absolute Gasteiger partial charge is 0.493 e. The Morgan fingerprint density at radius 3 is 2.11 bits per heavy atom. The summed E-state index contributed by atoms with van der Waals surface area (Å²) < 4.78 is 42.2. The lowest BCUT2D eigenvalue weighted by atomic mass is 9.92. The summed E-state index contributed by atoms with van der Waals surface area (Å²) in [6.45, 7) is 21.9. The fourth-order valence-corrected chi connectivity index (χ4v) is 5.39. The van der Waals surface area contributed by atoms with Crippen molar-refractivity contribution >= 4 is 18.2 Å². The number of rotatable bonds is 17. The second kappa shape index (κ2) is 23.9. The molecule has 0 saturated heterocycles. The number of ether oxygens (including phenoxy) is 2. The van der Waals surface area contributed by atoms with Crippen LogP contribution in [-0.2, 0) is 16.9 Å². The lowest BCUT2D eigenvalue weighted by Crippen LogP contribution is -2.30. The molecule has 2 unspecified atom stereocenters. The molecule has 11 heteroatoms. The standard InChI is InChI=1S/C21H26F2O2.C18H28N4O.C4H8N2/c1-5-21(4,19-11-8-17(22)12-20(19)23)25-14-16(3)13-24-18-9-6-15(2)7-10-18;1-5-11-20(12-6-2)16-7-9-17(10-8-16)21-14-19-22(18(21)23)13-15(3)4;1-3-6-4-5-2/h6-12,16H,5,13-14H2,1-4H3;7-10,14-15H,5-6,11-13H2,1-4H3;3-4H,1-2H3. The molecule has 0 radical (unpaired) electrons. The molecule has 0 aliphatic carbocycles. The highest BCUT2D eigenvalue weighted by Gasteiger charge is 2.29. The van der Waals surface area contributed by atoms with E-state index in [0.29, 0.717) is 37.7 Å². The Morgan fingerprint density at radius 1 is 0.944 bits per heavy atom. The lowest BCUT2D eigenvalue weighted by molar-refractivity contribution is -0.0603. The number of hydrogen-bond acceptors (Lipinski definition) is 6. The van der Waals surface area contributed by atoms with Crippen molar-refractivity contribution in [2.24, 2.45) is 21.8 Å². The molecule has 1 aromatic heterocycles. The second-order valence-electron chi connectivity index (χ2n) is 13.9. The third-order valence-corrected chi connectivity index (χ3v) is 8.50. The highest BCUT2D eigenvalue weighted by molar-refractivity contribution is 5.70. The average molecular weight is 749 g/mol. The van der Waals surface area contributed by atoms with Gasteiger partial charge < -0.3 is 14.4 Å². The molecule has 296 valence electrons. The van der Waals surface area contributed by atoms with Crippen LogP contribution in [0.2, 0.25) is 0 Å². The van der Waals surface area contributed by atoms with Crippen molar-refractivity contribution < 1.29 is 18.3 Å². The molecule has 0 spiro atoms. The molecule has 4 rings (SSSR count). The van der Waals surface area contributed by atoms with Gasteiger partial charge in [-0.25, -0.2) is 22.8 Å². The first-order chi connectivity index (χ1) is 25.8. The Hall–Kier alpha value is -4.64. The van der Waals surface area contributed by atoms with Gasteiger partial charge in [0.1, 0.15) is 30.0 Å². The molecule has 54 heavy (non-hydrogen) atoms. The van der Waals surface area contributed by atoms with Crippen molar-refractivity contribution in [1.82, 2.24) is 14.3 Å². The Kier molecular flexibility index (Phi) is 20.2. The monoisotopic (exact) mass is 748 g/mol. The van der Waals surface area contributed by atoms with Crippen molar-refractivity contribution in [2.75, 3.05) is 38.3 Å². The second-order valence-corrected chi connectivity index (χ2v) is 13.9. The molecule has 9 nitrogen and oxygen atoms in total. The summed E-state index contributed by atoms with van der Waals surface area (Å²) in [6.07, 6.45) is 7.63. The Balaban J connectivity index is 0.000000325. The maximum absolute atomic E-state index is 14.1. The summed E-state index contributed by atoms with van der Waals surface area (Å²) in [6, 6.07) is 19.7. The van der Waals surface area contributed by atoms with Crippen molar-refractivity contribution in [3.8, 4) is 11.4 Å². The van der Waals surface area contributed by atoms with Gasteiger partial charge in [0.15, 0.2) is 0 Å². The van der Waals surface area contributed by atoms with Crippen LogP contribution in [0.3, 0.4) is 0 Å². The summed E-state index contributed by atoms with van der Waals surface area (Å²) in [5, 5.41) is 4.21. The van der Waals surface area contributed by atoms with Crippen molar-refractivity contribution in [3.05, 3.63) is 106 Å². The van der Waals surface area contributed by atoms with Gasteiger partial charge in [0.25, 0.3) is 0 Å². The quantitative estimate of drug-likeness (QED) is 0.0793. The van der Waals surface area contributed by atoms with E-state index < -0.39 is 17.2 Å². The lowest BCUT2D eigenvalue weighted by Gasteiger charge is -2.31. The molecule has 0 N–H and O–H groups in total. The fraction of sp³-hybridized carbons (Fsp3) is 0.488. The Bertz CT molecular complexity index is 1740. The zero-order chi connectivity index (χ0) is 40.1. The van der Waals surface area contributed by atoms with Crippen LogP contribution in [0.5, 0.6) is 5.75 Å². The summed E-state index contributed by atoms with van der Waals surface area (Å²) in [4.78, 5) is 22.0. The Labute approximate surface area is 321 Å². The van der Waals surface area contributed by atoms with E-state index in [0.717, 1.165) is 43.4 Å². The number of anilines is 1. The van der Waals surface area contributed by atoms with Crippen molar-refractivity contribution in [3.63, 3.8) is 0 Å². The highest BCUT2D eigenvalue weighted by atomic mass is 19.1. The zero-order valence-electron chi connectivity index (χ0n) is 34.1. The van der Waals surface area contributed by atoms with E-state index in [4.69, 9.17) is 9.47 Å². The normalized spacial score (nSPS) is 12.9. The molecule has 0 bridgehead atoms. The van der Waals surface area contributed by atoms with E-state index in [1.54, 1.807) is 24.2 Å². The first-order valence-corrected chi connectivity index (χ1v) is 19.0. The molecule has 2 atom stereocenters. The molecule has 1 heterocycles. The topological polar surface area (TPSA) is 86.2 Å². The molecule has 4 aromatic rings. The number of hydrogen-bond donors (Lipinski definition) is 0. The summed E-state index contributed by atoms with van der Waals surface area (Å²) in [5.41, 5.74) is 2.76. The first-order valence-electron chi connectivity index (χ1n) is 19.0. The number of aliphatic imine (C=N–C) groups is 2. The van der Waals surface area contributed by atoms with Crippen LogP contribution in [0.4, 0.5) is 14.5 Å². The Morgan fingerprint density at radius 2 is 1.59 bits per heavy atom. The minimum absolute atomic E-state index is 0.0783. The van der Waals surface area contributed by atoms with E-state index >= 15 is 0 Å². The third-order valence-electron chi connectivity index (χ3n) is 8.50. The third kappa shape index (κ3) is 15.0. The van der Waals surface area contributed by atoms with E-state index in [1.165, 1.54) is 34.4 Å². The highest BCUT2D eigenvalue weighted by Crippen LogP contribution is 2.32. The minimum atomic E-state index is -0.796. The fourth-order valence-electron chi connectivity index (χ4n) is 5.39.